The Balaban J connectivity index is 1.84. The first kappa shape index (κ1) is 25.2. The number of carboxylic acids is 1. The van der Waals surface area contributed by atoms with Gasteiger partial charge in [0.25, 0.3) is 5.92 Å². The number of nitrogens with zero attached hydrogens (tertiary/aromatic N) is 1. The van der Waals surface area contributed by atoms with Gasteiger partial charge in [-0.25, -0.2) is 0 Å². The van der Waals surface area contributed by atoms with Gasteiger partial charge in [-0.15, -0.1) is 0 Å². The number of carboxylic acid groups (broad SMARTS) is 1. The molecule has 0 saturated carbocycles. The standard InChI is InChI=1S/C23H33F2NO5/c1-31-16-17-7-6-8-18(15-17)23(24,25)20(27)12-10-19-11-13-21(28)26(19)14-5-3-2-4-9-22(29)30/h6-8,15,19-20,27H,2-5,9-14,16H2,1H3,(H,29,30)/t19-,20?/m0/s1. The Morgan fingerprint density at radius 1 is 1.29 bits per heavy atom. The number of amides is 1. The molecule has 0 aliphatic carbocycles. The first-order valence-electron chi connectivity index (χ1n) is 10.9. The van der Waals surface area contributed by atoms with Crippen LogP contribution in [0, 0.1) is 0 Å². The van der Waals surface area contributed by atoms with Gasteiger partial charge in [0.2, 0.25) is 5.91 Å². The maximum atomic E-state index is 14.8. The van der Waals surface area contributed by atoms with E-state index in [2.05, 4.69) is 0 Å². The molecule has 0 radical (unpaired) electrons. The van der Waals surface area contributed by atoms with Crippen LogP contribution >= 0.6 is 0 Å². The van der Waals surface area contributed by atoms with Crippen molar-refractivity contribution in [3.05, 3.63) is 35.4 Å². The molecular formula is C23H33F2NO5. The summed E-state index contributed by atoms with van der Waals surface area (Å²) in [5.74, 6) is -4.18. The summed E-state index contributed by atoms with van der Waals surface area (Å²) in [6, 6.07) is 5.73. The van der Waals surface area contributed by atoms with Crippen molar-refractivity contribution in [2.45, 2.75) is 82.5 Å². The highest BCUT2D eigenvalue weighted by Crippen LogP contribution is 2.35. The number of ether oxygens (including phenoxy) is 1. The first-order valence-corrected chi connectivity index (χ1v) is 10.9. The Morgan fingerprint density at radius 3 is 2.74 bits per heavy atom. The minimum atomic E-state index is -3.39. The van der Waals surface area contributed by atoms with Crippen LogP contribution in [0.5, 0.6) is 0 Å². The lowest BCUT2D eigenvalue weighted by atomic mass is 9.96. The first-order chi connectivity index (χ1) is 14.8. The molecule has 2 N–H and O–H groups in total. The van der Waals surface area contributed by atoms with Crippen LogP contribution in [0.15, 0.2) is 24.3 Å². The van der Waals surface area contributed by atoms with Gasteiger partial charge >= 0.3 is 5.97 Å². The molecule has 0 aromatic heterocycles. The Bertz CT molecular complexity index is 728. The number of carbonyl (C=O) groups is 2. The molecular weight excluding hydrogens is 408 g/mol. The summed E-state index contributed by atoms with van der Waals surface area (Å²) in [5, 5.41) is 18.9. The molecule has 1 aliphatic rings. The SMILES string of the molecule is COCc1cccc(C(F)(F)C(O)CC[C@H]2CCC(=O)N2CCCCCCC(=O)O)c1. The molecule has 1 aromatic rings. The molecule has 1 unspecified atom stereocenters. The number of hydrogen-bond acceptors (Lipinski definition) is 4. The quantitative estimate of drug-likeness (QED) is 0.425. The van der Waals surface area contributed by atoms with E-state index in [9.17, 15) is 23.5 Å². The summed E-state index contributed by atoms with van der Waals surface area (Å²) in [4.78, 5) is 24.4. The van der Waals surface area contributed by atoms with Crippen LogP contribution in [0.4, 0.5) is 8.78 Å². The Hall–Kier alpha value is -2.06. The van der Waals surface area contributed by atoms with Crippen molar-refractivity contribution in [1.29, 1.82) is 0 Å². The van der Waals surface area contributed by atoms with Crippen LogP contribution in [-0.4, -0.2) is 52.8 Å². The molecule has 1 amide bonds. The zero-order chi connectivity index (χ0) is 22.9. The molecule has 1 saturated heterocycles. The zero-order valence-electron chi connectivity index (χ0n) is 18.1. The average Bonchev–Trinajstić information content (AvgIpc) is 3.08. The van der Waals surface area contributed by atoms with E-state index >= 15 is 0 Å². The molecule has 0 spiro atoms. The van der Waals surface area contributed by atoms with Crippen molar-refractivity contribution in [3.8, 4) is 0 Å². The van der Waals surface area contributed by atoms with Crippen molar-refractivity contribution < 1.29 is 33.3 Å². The van der Waals surface area contributed by atoms with Crippen LogP contribution < -0.4 is 0 Å². The number of aliphatic hydroxyl groups excluding tert-OH is 1. The molecule has 1 aromatic carbocycles. The highest BCUT2D eigenvalue weighted by molar-refractivity contribution is 5.78. The lowest BCUT2D eigenvalue weighted by Crippen LogP contribution is -2.36. The van der Waals surface area contributed by atoms with Crippen LogP contribution in [0.1, 0.15) is 68.9 Å². The fraction of sp³-hybridized carbons (Fsp3) is 0.652. The van der Waals surface area contributed by atoms with Crippen molar-refractivity contribution in [2.24, 2.45) is 0 Å². The summed E-state index contributed by atoms with van der Waals surface area (Å²) in [7, 11) is 1.49. The summed E-state index contributed by atoms with van der Waals surface area (Å²) in [5.41, 5.74) is 0.373. The van der Waals surface area contributed by atoms with E-state index in [-0.39, 0.29) is 37.0 Å². The zero-order valence-corrected chi connectivity index (χ0v) is 18.1. The summed E-state index contributed by atoms with van der Waals surface area (Å²) >= 11 is 0. The second-order valence-electron chi connectivity index (χ2n) is 8.19. The largest absolute Gasteiger partial charge is 0.481 e. The lowest BCUT2D eigenvalue weighted by Gasteiger charge is -2.28. The van der Waals surface area contributed by atoms with Gasteiger partial charge in [0, 0.05) is 38.1 Å². The second-order valence-corrected chi connectivity index (χ2v) is 8.19. The average molecular weight is 442 g/mol. The number of likely N-dealkylation sites (tertiary alicyclic amines) is 1. The molecule has 2 atom stereocenters. The number of methoxy groups -OCH3 is 1. The fourth-order valence-corrected chi connectivity index (χ4v) is 4.07. The number of halogens is 2. The lowest BCUT2D eigenvalue weighted by molar-refractivity contribution is -0.137. The van der Waals surface area contributed by atoms with E-state index < -0.39 is 18.0 Å². The normalized spacial score (nSPS) is 17.9. The molecule has 0 bridgehead atoms. The molecule has 8 heteroatoms. The number of aliphatic hydroxyl groups is 1. The number of hydrogen-bond donors (Lipinski definition) is 2. The monoisotopic (exact) mass is 441 g/mol. The molecule has 2 rings (SSSR count). The Morgan fingerprint density at radius 2 is 2.03 bits per heavy atom. The van der Waals surface area contributed by atoms with Gasteiger partial charge in [-0.2, -0.15) is 8.78 Å². The van der Waals surface area contributed by atoms with Gasteiger partial charge in [-0.05, 0) is 43.7 Å². The van der Waals surface area contributed by atoms with E-state index in [4.69, 9.17) is 9.84 Å². The van der Waals surface area contributed by atoms with Crippen LogP contribution in [-0.2, 0) is 26.9 Å². The Kier molecular flexibility index (Phi) is 9.84. The number of alkyl halides is 2. The van der Waals surface area contributed by atoms with Gasteiger partial charge in [0.15, 0.2) is 0 Å². The van der Waals surface area contributed by atoms with Gasteiger partial charge in [0.05, 0.1) is 6.61 Å². The van der Waals surface area contributed by atoms with E-state index in [1.807, 2.05) is 0 Å². The van der Waals surface area contributed by atoms with E-state index in [0.717, 1.165) is 19.3 Å². The van der Waals surface area contributed by atoms with E-state index in [1.54, 1.807) is 11.0 Å². The van der Waals surface area contributed by atoms with Gasteiger partial charge in [0.1, 0.15) is 6.10 Å². The Labute approximate surface area is 182 Å². The smallest absolute Gasteiger partial charge is 0.303 e. The summed E-state index contributed by atoms with van der Waals surface area (Å²) < 4.78 is 34.6. The van der Waals surface area contributed by atoms with Crippen molar-refractivity contribution in [1.82, 2.24) is 4.90 Å². The predicted molar refractivity (Wildman–Crippen MR) is 112 cm³/mol. The van der Waals surface area contributed by atoms with Crippen LogP contribution in [0.25, 0.3) is 0 Å². The minimum Gasteiger partial charge on any atom is -0.481 e. The third-order valence-corrected chi connectivity index (χ3v) is 5.81. The van der Waals surface area contributed by atoms with Crippen molar-refractivity contribution >= 4 is 11.9 Å². The third kappa shape index (κ3) is 7.54. The third-order valence-electron chi connectivity index (χ3n) is 5.81. The van der Waals surface area contributed by atoms with Gasteiger partial charge in [-0.3, -0.25) is 9.59 Å². The van der Waals surface area contributed by atoms with E-state index in [1.165, 1.54) is 25.3 Å². The number of rotatable bonds is 14. The number of carbonyl (C=O) groups excluding carboxylic acids is 1. The predicted octanol–water partition coefficient (Wildman–Crippen LogP) is 4.09. The number of benzene rings is 1. The minimum absolute atomic E-state index is 0.0176. The maximum absolute atomic E-state index is 14.8. The van der Waals surface area contributed by atoms with Crippen molar-refractivity contribution in [3.63, 3.8) is 0 Å². The van der Waals surface area contributed by atoms with E-state index in [0.29, 0.717) is 37.8 Å². The number of aliphatic carboxylic acids is 1. The topological polar surface area (TPSA) is 87.1 Å². The molecule has 1 aliphatic heterocycles. The number of unbranched alkanes of at least 4 members (excludes halogenated alkanes) is 3. The highest BCUT2D eigenvalue weighted by atomic mass is 19.3. The summed E-state index contributed by atoms with van der Waals surface area (Å²) in [6.45, 7) is 0.761. The molecule has 174 valence electrons. The summed E-state index contributed by atoms with van der Waals surface area (Å²) in [6.07, 6.45) is 2.51. The molecule has 6 nitrogen and oxygen atoms in total. The maximum Gasteiger partial charge on any atom is 0.303 e. The second kappa shape index (κ2) is 12.1. The fourth-order valence-electron chi connectivity index (χ4n) is 4.07. The molecule has 1 fully saturated rings. The molecule has 1 heterocycles. The van der Waals surface area contributed by atoms with Gasteiger partial charge < -0.3 is 19.8 Å². The van der Waals surface area contributed by atoms with Gasteiger partial charge in [-0.1, -0.05) is 31.0 Å². The van der Waals surface area contributed by atoms with Crippen molar-refractivity contribution in [2.75, 3.05) is 13.7 Å². The highest BCUT2D eigenvalue weighted by Gasteiger charge is 2.41. The molecule has 31 heavy (non-hydrogen) atoms. The van der Waals surface area contributed by atoms with Crippen LogP contribution in [0.3, 0.4) is 0 Å². The van der Waals surface area contributed by atoms with Crippen LogP contribution in [0.2, 0.25) is 0 Å².